The molecule has 168 valence electrons. The molecular formula is C21H22N4O5S2. The van der Waals surface area contributed by atoms with Crippen LogP contribution in [0.2, 0.25) is 0 Å². The zero-order chi connectivity index (χ0) is 22.9. The number of nitrogens with zero attached hydrogens (tertiary/aromatic N) is 2. The molecule has 0 spiro atoms. The van der Waals surface area contributed by atoms with Crippen molar-refractivity contribution in [3.63, 3.8) is 0 Å². The third-order valence-electron chi connectivity index (χ3n) is 4.75. The minimum atomic E-state index is -3.91. The summed E-state index contributed by atoms with van der Waals surface area (Å²) in [7, 11) is -3.91. The summed E-state index contributed by atoms with van der Waals surface area (Å²) >= 11 is 1.25. The van der Waals surface area contributed by atoms with Crippen LogP contribution in [0.4, 0.5) is 11.5 Å². The van der Waals surface area contributed by atoms with Crippen LogP contribution in [0.1, 0.15) is 12.5 Å². The number of nitrogen functional groups attached to an aromatic ring is 1. The van der Waals surface area contributed by atoms with Crippen LogP contribution < -0.4 is 20.5 Å². The summed E-state index contributed by atoms with van der Waals surface area (Å²) < 4.78 is 38.4. The Hall–Kier alpha value is -3.18. The number of carbonyl (C=O) groups excluding carboxylic acids is 1. The lowest BCUT2D eigenvalue weighted by Gasteiger charge is -2.08. The van der Waals surface area contributed by atoms with Gasteiger partial charge in [0.2, 0.25) is 22.5 Å². The lowest BCUT2D eigenvalue weighted by molar-refractivity contribution is -0.116. The van der Waals surface area contributed by atoms with Crippen molar-refractivity contribution >= 4 is 39.0 Å². The fourth-order valence-electron chi connectivity index (χ4n) is 3.19. The van der Waals surface area contributed by atoms with E-state index in [0.717, 1.165) is 5.56 Å². The molecule has 0 saturated heterocycles. The van der Waals surface area contributed by atoms with E-state index in [0.29, 0.717) is 22.9 Å². The van der Waals surface area contributed by atoms with E-state index in [1.807, 2.05) is 13.8 Å². The highest BCUT2D eigenvalue weighted by molar-refractivity contribution is 8.00. The second-order valence-electron chi connectivity index (χ2n) is 7.04. The number of aromatic nitrogens is 2. The van der Waals surface area contributed by atoms with Crippen LogP contribution in [-0.2, 0) is 21.2 Å². The first-order chi connectivity index (χ1) is 15.3. The lowest BCUT2D eigenvalue weighted by atomic mass is 10.2. The van der Waals surface area contributed by atoms with Gasteiger partial charge < -0.3 is 20.5 Å². The molecule has 0 aliphatic carbocycles. The number of hydrogen-bond acceptors (Lipinski definition) is 8. The van der Waals surface area contributed by atoms with Gasteiger partial charge in [0.05, 0.1) is 4.90 Å². The first kappa shape index (κ1) is 22.0. The number of aryl methyl sites for hydroxylation is 1. The first-order valence-corrected chi connectivity index (χ1v) is 12.3. The van der Waals surface area contributed by atoms with Crippen LogP contribution in [0, 0.1) is 6.92 Å². The maximum atomic E-state index is 13.3. The quantitative estimate of drug-likeness (QED) is 0.501. The Bertz CT molecular complexity index is 1270. The molecule has 2 aromatic carbocycles. The van der Waals surface area contributed by atoms with E-state index in [1.165, 1.54) is 28.6 Å². The fraction of sp³-hybridized carbons (Fsp3) is 0.238. The van der Waals surface area contributed by atoms with E-state index in [9.17, 15) is 13.2 Å². The van der Waals surface area contributed by atoms with Gasteiger partial charge in [-0.2, -0.15) is 5.10 Å². The van der Waals surface area contributed by atoms with E-state index in [2.05, 4.69) is 10.4 Å². The Morgan fingerprint density at radius 1 is 1.19 bits per heavy atom. The Morgan fingerprint density at radius 3 is 2.62 bits per heavy atom. The monoisotopic (exact) mass is 474 g/mol. The number of hydrogen-bond donors (Lipinski definition) is 2. The Morgan fingerprint density at radius 2 is 1.91 bits per heavy atom. The van der Waals surface area contributed by atoms with Crippen molar-refractivity contribution in [3.8, 4) is 11.5 Å². The third kappa shape index (κ3) is 4.26. The van der Waals surface area contributed by atoms with Gasteiger partial charge in [0, 0.05) is 11.8 Å². The molecule has 9 nitrogen and oxygen atoms in total. The Kier molecular flexibility index (Phi) is 6.02. The number of nitrogens with one attached hydrogen (secondary N) is 1. The fourth-order valence-corrected chi connectivity index (χ4v) is 5.74. The first-order valence-electron chi connectivity index (χ1n) is 9.80. The van der Waals surface area contributed by atoms with Crippen molar-refractivity contribution in [3.05, 3.63) is 48.0 Å². The van der Waals surface area contributed by atoms with Gasteiger partial charge in [-0.3, -0.25) is 4.79 Å². The van der Waals surface area contributed by atoms with Gasteiger partial charge in [0.1, 0.15) is 22.3 Å². The number of ether oxygens (including phenoxy) is 2. The lowest BCUT2D eigenvalue weighted by Crippen LogP contribution is -2.21. The number of thioether (sulfide) groups is 1. The van der Waals surface area contributed by atoms with Gasteiger partial charge in [0.25, 0.3) is 0 Å². The molecule has 0 radical (unpaired) electrons. The molecule has 0 fully saturated rings. The molecule has 32 heavy (non-hydrogen) atoms. The maximum absolute atomic E-state index is 13.3. The van der Waals surface area contributed by atoms with Gasteiger partial charge in [-0.15, -0.1) is 11.8 Å². The van der Waals surface area contributed by atoms with E-state index >= 15 is 0 Å². The predicted molar refractivity (Wildman–Crippen MR) is 121 cm³/mol. The van der Waals surface area contributed by atoms with Crippen molar-refractivity contribution in [2.45, 2.75) is 35.2 Å². The highest BCUT2D eigenvalue weighted by Gasteiger charge is 2.30. The molecule has 3 N–H and O–H groups in total. The number of rotatable bonds is 7. The number of benzene rings is 2. The number of carbonyl (C=O) groups is 1. The minimum absolute atomic E-state index is 0.0796. The molecule has 2 heterocycles. The van der Waals surface area contributed by atoms with Gasteiger partial charge in [-0.25, -0.2) is 13.1 Å². The largest absolute Gasteiger partial charge is 0.454 e. The molecular weight excluding hydrogens is 452 g/mol. The van der Waals surface area contributed by atoms with Crippen LogP contribution in [0.3, 0.4) is 0 Å². The van der Waals surface area contributed by atoms with Crippen LogP contribution in [-0.4, -0.2) is 36.7 Å². The second-order valence-corrected chi connectivity index (χ2v) is 10.2. The number of amides is 1. The third-order valence-corrected chi connectivity index (χ3v) is 7.56. The van der Waals surface area contributed by atoms with Gasteiger partial charge >= 0.3 is 0 Å². The molecule has 1 amide bonds. The Labute approximate surface area is 189 Å². The SMILES string of the molecule is CCSc1nn(CC(=O)Nc2ccc3c(c2)OCO3)c(N)c1S(=O)(=O)c1ccc(C)cc1. The molecule has 1 aliphatic heterocycles. The van der Waals surface area contributed by atoms with Crippen molar-refractivity contribution in [2.24, 2.45) is 0 Å². The van der Waals surface area contributed by atoms with E-state index in [1.54, 1.807) is 30.3 Å². The van der Waals surface area contributed by atoms with Crippen molar-refractivity contribution < 1.29 is 22.7 Å². The van der Waals surface area contributed by atoms with E-state index in [-0.39, 0.29) is 34.0 Å². The number of nitrogens with two attached hydrogens (primary N) is 1. The molecule has 3 aromatic rings. The minimum Gasteiger partial charge on any atom is -0.454 e. The molecule has 1 aliphatic rings. The van der Waals surface area contributed by atoms with Crippen LogP contribution in [0.25, 0.3) is 0 Å². The predicted octanol–water partition coefficient (Wildman–Crippen LogP) is 3.09. The van der Waals surface area contributed by atoms with Crippen LogP contribution in [0.15, 0.2) is 57.3 Å². The molecule has 1 aromatic heterocycles. The second kappa shape index (κ2) is 8.75. The smallest absolute Gasteiger partial charge is 0.246 e. The number of sulfone groups is 1. The van der Waals surface area contributed by atoms with Crippen LogP contribution in [0.5, 0.6) is 11.5 Å². The summed E-state index contributed by atoms with van der Waals surface area (Å²) in [4.78, 5) is 12.7. The van der Waals surface area contributed by atoms with Gasteiger partial charge in [-0.05, 0) is 36.9 Å². The molecule has 0 atom stereocenters. The number of anilines is 2. The maximum Gasteiger partial charge on any atom is 0.246 e. The Balaban J connectivity index is 1.61. The summed E-state index contributed by atoms with van der Waals surface area (Å²) in [5.74, 6) is 1.24. The van der Waals surface area contributed by atoms with Crippen molar-refractivity contribution in [2.75, 3.05) is 23.6 Å². The summed E-state index contributed by atoms with van der Waals surface area (Å²) in [6, 6.07) is 11.5. The van der Waals surface area contributed by atoms with E-state index < -0.39 is 15.7 Å². The highest BCUT2D eigenvalue weighted by atomic mass is 32.2. The van der Waals surface area contributed by atoms with Crippen molar-refractivity contribution in [1.29, 1.82) is 0 Å². The highest BCUT2D eigenvalue weighted by Crippen LogP contribution is 2.36. The summed E-state index contributed by atoms with van der Waals surface area (Å²) in [5.41, 5.74) is 7.65. The number of fused-ring (bicyclic) bond motifs is 1. The molecule has 11 heteroatoms. The molecule has 0 unspecified atom stereocenters. The van der Waals surface area contributed by atoms with Crippen LogP contribution >= 0.6 is 11.8 Å². The average molecular weight is 475 g/mol. The van der Waals surface area contributed by atoms with Gasteiger partial charge in [0.15, 0.2) is 11.5 Å². The van der Waals surface area contributed by atoms with E-state index in [4.69, 9.17) is 15.2 Å². The van der Waals surface area contributed by atoms with Gasteiger partial charge in [-0.1, -0.05) is 24.6 Å². The zero-order valence-corrected chi connectivity index (χ0v) is 19.1. The summed E-state index contributed by atoms with van der Waals surface area (Å²) in [5, 5.41) is 7.32. The molecule has 0 bridgehead atoms. The van der Waals surface area contributed by atoms with Crippen molar-refractivity contribution in [1.82, 2.24) is 9.78 Å². The summed E-state index contributed by atoms with van der Waals surface area (Å²) in [6.45, 7) is 3.64. The standard InChI is InChI=1S/C21H22N4O5S2/c1-3-31-21-19(32(27,28)15-7-4-13(2)5-8-15)20(22)25(24-21)11-18(26)23-14-6-9-16-17(10-14)30-12-29-16/h4-10H,3,11-12,22H2,1-2H3,(H,23,26). The topological polar surface area (TPSA) is 126 Å². The zero-order valence-electron chi connectivity index (χ0n) is 17.5. The molecule has 4 rings (SSSR count). The summed E-state index contributed by atoms with van der Waals surface area (Å²) in [6.07, 6.45) is 0. The average Bonchev–Trinajstić information content (AvgIpc) is 3.33. The molecule has 0 saturated carbocycles. The normalized spacial score (nSPS) is 12.7.